The number of carbonyl (C=O) groups excluding carboxylic acids is 2. The van der Waals surface area contributed by atoms with Gasteiger partial charge in [0.25, 0.3) is 5.91 Å². The molecule has 3 heterocycles. The Hall–Kier alpha value is -3.77. The van der Waals surface area contributed by atoms with Crippen molar-refractivity contribution in [3.63, 3.8) is 0 Å². The van der Waals surface area contributed by atoms with Crippen LogP contribution in [0.15, 0.2) is 35.7 Å². The first-order chi connectivity index (χ1) is 14.5. The fourth-order valence-corrected chi connectivity index (χ4v) is 2.72. The first kappa shape index (κ1) is 21.9. The molecule has 31 heavy (non-hydrogen) atoms. The zero-order chi connectivity index (χ0) is 22.8. The zero-order valence-electron chi connectivity index (χ0n) is 16.5. The second-order valence-electron chi connectivity index (χ2n) is 6.90. The summed E-state index contributed by atoms with van der Waals surface area (Å²) in [4.78, 5) is 41.8. The summed E-state index contributed by atoms with van der Waals surface area (Å²) in [5, 5.41) is 2.58. The van der Waals surface area contributed by atoms with Crippen molar-refractivity contribution in [1.82, 2.24) is 19.9 Å². The van der Waals surface area contributed by atoms with E-state index in [0.29, 0.717) is 11.4 Å². The summed E-state index contributed by atoms with van der Waals surface area (Å²) < 4.78 is 41.0. The number of nitrogens with one attached hydrogen (secondary N) is 1. The van der Waals surface area contributed by atoms with E-state index in [1.54, 1.807) is 13.0 Å². The number of nitrogens with zero attached hydrogens (tertiary/aromatic N) is 5. The summed E-state index contributed by atoms with van der Waals surface area (Å²) in [6.07, 6.45) is -1.13. The summed E-state index contributed by atoms with van der Waals surface area (Å²) in [5.41, 5.74) is 5.41. The summed E-state index contributed by atoms with van der Waals surface area (Å²) in [5.74, 6) is -1.19. The number of ether oxygens (including phenoxy) is 1. The molecular weight excluding hydrogens is 419 g/mol. The van der Waals surface area contributed by atoms with E-state index in [-0.39, 0.29) is 29.9 Å². The van der Waals surface area contributed by atoms with Crippen LogP contribution in [-0.2, 0) is 10.3 Å². The van der Waals surface area contributed by atoms with Gasteiger partial charge in [-0.25, -0.2) is 15.0 Å². The van der Waals surface area contributed by atoms with Gasteiger partial charge in [0, 0.05) is 18.9 Å². The maximum Gasteiger partial charge on any atom is 0.422 e. The molecule has 10 nitrogen and oxygen atoms in total. The topological polar surface area (TPSA) is 136 Å². The molecule has 0 radical (unpaired) electrons. The molecule has 0 saturated carbocycles. The highest BCUT2D eigenvalue weighted by atomic mass is 19.4. The lowest BCUT2D eigenvalue weighted by Gasteiger charge is -2.32. The van der Waals surface area contributed by atoms with Crippen molar-refractivity contribution in [3.05, 3.63) is 42.1 Å². The van der Waals surface area contributed by atoms with Crippen LogP contribution in [-0.4, -0.2) is 57.5 Å². The number of rotatable bonds is 5. The van der Waals surface area contributed by atoms with Gasteiger partial charge >= 0.3 is 6.18 Å². The van der Waals surface area contributed by atoms with E-state index in [1.165, 1.54) is 24.2 Å². The molecule has 0 saturated heterocycles. The highest BCUT2D eigenvalue weighted by Gasteiger charge is 2.37. The van der Waals surface area contributed by atoms with E-state index < -0.39 is 24.2 Å². The van der Waals surface area contributed by atoms with Gasteiger partial charge in [0.1, 0.15) is 11.2 Å². The van der Waals surface area contributed by atoms with Gasteiger partial charge in [0.05, 0.1) is 24.5 Å². The lowest BCUT2D eigenvalue weighted by Crippen LogP contribution is -2.47. The van der Waals surface area contributed by atoms with Crippen LogP contribution >= 0.6 is 0 Å². The minimum absolute atomic E-state index is 0.0411. The number of aliphatic imine (C=N–C) groups is 1. The SMILES string of the molecule is CN1C(=O)CC(C)(c2cc(NC(=O)c3cnc(OCC(F)(F)F)cn3)ccn2)N=C1N. The van der Waals surface area contributed by atoms with Crippen LogP contribution in [0.2, 0.25) is 0 Å². The van der Waals surface area contributed by atoms with Crippen LogP contribution in [0.1, 0.15) is 29.5 Å². The number of alkyl halides is 3. The fourth-order valence-electron chi connectivity index (χ4n) is 2.72. The average molecular weight is 437 g/mol. The number of nitrogens with two attached hydrogens (primary N) is 1. The van der Waals surface area contributed by atoms with Crippen LogP contribution in [0.25, 0.3) is 0 Å². The minimum atomic E-state index is -4.51. The molecule has 2 amide bonds. The molecule has 3 N–H and O–H groups in total. The number of hydrogen-bond acceptors (Lipinski definition) is 8. The molecule has 2 aromatic rings. The van der Waals surface area contributed by atoms with Crippen LogP contribution < -0.4 is 15.8 Å². The largest absolute Gasteiger partial charge is 0.467 e. The highest BCUT2D eigenvalue weighted by Crippen LogP contribution is 2.32. The standard InChI is InChI=1S/C18H18F3N7O3/c1-17(6-14(29)28(2)16(22)27-17)12-5-10(3-4-23-12)26-15(30)11-7-25-13(8-24-11)31-9-18(19,20)21/h3-5,7-8H,6,9H2,1-2H3,(H2,22,27)(H,23,26,30). The second-order valence-corrected chi connectivity index (χ2v) is 6.90. The van der Waals surface area contributed by atoms with Crippen molar-refractivity contribution in [2.75, 3.05) is 19.0 Å². The smallest absolute Gasteiger partial charge is 0.422 e. The quantitative estimate of drug-likeness (QED) is 0.723. The molecule has 0 spiro atoms. The van der Waals surface area contributed by atoms with Crippen molar-refractivity contribution < 1.29 is 27.5 Å². The van der Waals surface area contributed by atoms with E-state index in [0.717, 1.165) is 12.4 Å². The lowest BCUT2D eigenvalue weighted by atomic mass is 9.91. The average Bonchev–Trinajstić information content (AvgIpc) is 2.70. The summed E-state index contributed by atoms with van der Waals surface area (Å²) in [7, 11) is 1.52. The third-order valence-electron chi connectivity index (χ3n) is 4.39. The van der Waals surface area contributed by atoms with Crippen LogP contribution in [0.5, 0.6) is 5.88 Å². The molecule has 1 atom stereocenters. The molecule has 2 aromatic heterocycles. The Kier molecular flexibility index (Phi) is 5.77. The van der Waals surface area contributed by atoms with Gasteiger partial charge in [-0.3, -0.25) is 19.5 Å². The van der Waals surface area contributed by atoms with Crippen molar-refractivity contribution in [2.24, 2.45) is 10.7 Å². The van der Waals surface area contributed by atoms with Crippen LogP contribution in [0, 0.1) is 0 Å². The number of anilines is 1. The van der Waals surface area contributed by atoms with Crippen molar-refractivity contribution in [2.45, 2.75) is 25.1 Å². The summed E-state index contributed by atoms with van der Waals surface area (Å²) >= 11 is 0. The summed E-state index contributed by atoms with van der Waals surface area (Å²) in [6, 6.07) is 3.06. The number of aromatic nitrogens is 3. The molecule has 0 bridgehead atoms. The predicted molar refractivity (Wildman–Crippen MR) is 102 cm³/mol. The Morgan fingerprint density at radius 2 is 2.06 bits per heavy atom. The van der Waals surface area contributed by atoms with E-state index in [4.69, 9.17) is 5.73 Å². The van der Waals surface area contributed by atoms with Crippen molar-refractivity contribution in [3.8, 4) is 5.88 Å². The molecular formula is C18H18F3N7O3. The maximum absolute atomic E-state index is 12.4. The van der Waals surface area contributed by atoms with Crippen molar-refractivity contribution in [1.29, 1.82) is 0 Å². The molecule has 1 unspecified atom stereocenters. The monoisotopic (exact) mass is 437 g/mol. The van der Waals surface area contributed by atoms with Gasteiger partial charge in [0.15, 0.2) is 12.6 Å². The molecule has 3 rings (SSSR count). The van der Waals surface area contributed by atoms with E-state index in [2.05, 4.69) is 30.0 Å². The number of pyridine rings is 1. The lowest BCUT2D eigenvalue weighted by molar-refractivity contribution is -0.154. The first-order valence-corrected chi connectivity index (χ1v) is 8.88. The molecule has 0 aromatic carbocycles. The van der Waals surface area contributed by atoms with Gasteiger partial charge < -0.3 is 15.8 Å². The van der Waals surface area contributed by atoms with E-state index in [9.17, 15) is 22.8 Å². The Morgan fingerprint density at radius 1 is 1.32 bits per heavy atom. The Balaban J connectivity index is 1.72. The van der Waals surface area contributed by atoms with Gasteiger partial charge in [-0.05, 0) is 19.1 Å². The maximum atomic E-state index is 12.4. The molecule has 164 valence electrons. The number of carbonyl (C=O) groups is 2. The van der Waals surface area contributed by atoms with E-state index in [1.807, 2.05) is 0 Å². The third kappa shape index (κ3) is 5.24. The van der Waals surface area contributed by atoms with Gasteiger partial charge in [-0.1, -0.05) is 0 Å². The van der Waals surface area contributed by atoms with Gasteiger partial charge in [-0.2, -0.15) is 13.2 Å². The first-order valence-electron chi connectivity index (χ1n) is 8.88. The predicted octanol–water partition coefficient (Wildman–Crippen LogP) is 1.46. The second kappa shape index (κ2) is 8.16. The number of halogens is 3. The van der Waals surface area contributed by atoms with Crippen LogP contribution in [0.4, 0.5) is 18.9 Å². The zero-order valence-corrected chi connectivity index (χ0v) is 16.5. The molecule has 0 fully saturated rings. The van der Waals surface area contributed by atoms with Gasteiger partial charge in [-0.15, -0.1) is 0 Å². The van der Waals surface area contributed by atoms with Crippen molar-refractivity contribution >= 4 is 23.5 Å². The van der Waals surface area contributed by atoms with E-state index >= 15 is 0 Å². The number of amides is 2. The number of hydrogen-bond donors (Lipinski definition) is 2. The summed E-state index contributed by atoms with van der Waals surface area (Å²) in [6.45, 7) is 0.181. The normalized spacial score (nSPS) is 19.1. The third-order valence-corrected chi connectivity index (χ3v) is 4.39. The fraction of sp³-hybridized carbons (Fsp3) is 0.333. The van der Waals surface area contributed by atoms with Crippen LogP contribution in [0.3, 0.4) is 0 Å². The minimum Gasteiger partial charge on any atom is -0.467 e. The Bertz CT molecular complexity index is 1030. The highest BCUT2D eigenvalue weighted by molar-refractivity contribution is 6.02. The Labute approximate surface area is 174 Å². The molecule has 1 aliphatic heterocycles. The van der Waals surface area contributed by atoms with Gasteiger partial charge in [0.2, 0.25) is 11.8 Å². The molecule has 1 aliphatic rings. The molecule has 0 aliphatic carbocycles. The number of guanidine groups is 1. The Morgan fingerprint density at radius 3 is 2.68 bits per heavy atom. The molecule has 13 heteroatoms.